The lowest BCUT2D eigenvalue weighted by molar-refractivity contribution is 0.0526. The molecular formula is C12H11NO3. The third kappa shape index (κ3) is 1.95. The number of hydrogen-bond acceptors (Lipinski definition) is 3. The van der Waals surface area contributed by atoms with Crippen LogP contribution in [0.15, 0.2) is 35.1 Å². The molecule has 0 aliphatic carbocycles. The van der Waals surface area contributed by atoms with Crippen LogP contribution in [0.2, 0.25) is 0 Å². The Labute approximate surface area is 91.9 Å². The molecule has 1 aromatic carbocycles. The first-order chi connectivity index (χ1) is 7.70. The summed E-state index contributed by atoms with van der Waals surface area (Å²) < 4.78 is 4.88. The van der Waals surface area contributed by atoms with Crippen molar-refractivity contribution in [2.45, 2.75) is 6.92 Å². The van der Waals surface area contributed by atoms with Crippen molar-refractivity contribution in [1.82, 2.24) is 4.98 Å². The van der Waals surface area contributed by atoms with Crippen LogP contribution in [0.1, 0.15) is 17.3 Å². The van der Waals surface area contributed by atoms with Gasteiger partial charge in [-0.2, -0.15) is 0 Å². The number of fused-ring (bicyclic) bond motifs is 1. The molecule has 4 heteroatoms. The van der Waals surface area contributed by atoms with Crippen molar-refractivity contribution in [2.75, 3.05) is 6.61 Å². The molecular weight excluding hydrogens is 206 g/mol. The quantitative estimate of drug-likeness (QED) is 0.779. The second kappa shape index (κ2) is 4.18. The molecule has 16 heavy (non-hydrogen) atoms. The van der Waals surface area contributed by atoms with E-state index in [4.69, 9.17) is 4.74 Å². The normalized spacial score (nSPS) is 10.3. The minimum Gasteiger partial charge on any atom is -0.462 e. The minimum atomic E-state index is -0.380. The van der Waals surface area contributed by atoms with Gasteiger partial charge in [-0.3, -0.25) is 4.79 Å². The summed E-state index contributed by atoms with van der Waals surface area (Å²) in [7, 11) is 0. The first-order valence-electron chi connectivity index (χ1n) is 5.01. The second-order valence-electron chi connectivity index (χ2n) is 3.35. The van der Waals surface area contributed by atoms with Crippen molar-refractivity contribution >= 4 is 16.9 Å². The number of hydrogen-bond donors (Lipinski definition) is 1. The van der Waals surface area contributed by atoms with E-state index in [9.17, 15) is 9.59 Å². The highest BCUT2D eigenvalue weighted by molar-refractivity contribution is 5.94. The molecule has 4 nitrogen and oxygen atoms in total. The Balaban J connectivity index is 2.50. The fourth-order valence-electron chi connectivity index (χ4n) is 1.49. The predicted octanol–water partition coefficient (Wildman–Crippen LogP) is 1.70. The number of ether oxygens (including phenoxy) is 1. The molecule has 0 saturated heterocycles. The summed E-state index contributed by atoms with van der Waals surface area (Å²) in [6, 6.07) is 8.24. The molecule has 2 rings (SSSR count). The number of nitrogens with one attached hydrogen (secondary N) is 1. The highest BCUT2D eigenvalue weighted by atomic mass is 16.5. The van der Waals surface area contributed by atoms with Gasteiger partial charge in [0.1, 0.15) is 0 Å². The Hall–Kier alpha value is -2.10. The highest BCUT2D eigenvalue weighted by Gasteiger charge is 2.06. The van der Waals surface area contributed by atoms with Crippen LogP contribution >= 0.6 is 0 Å². The van der Waals surface area contributed by atoms with Crippen LogP contribution < -0.4 is 5.56 Å². The minimum absolute atomic E-state index is 0.187. The van der Waals surface area contributed by atoms with Gasteiger partial charge in [0.2, 0.25) is 5.56 Å². The van der Waals surface area contributed by atoms with Crippen molar-refractivity contribution in [3.8, 4) is 0 Å². The van der Waals surface area contributed by atoms with Crippen LogP contribution in [0.4, 0.5) is 0 Å². The molecule has 0 bridgehead atoms. The fraction of sp³-hybridized carbons (Fsp3) is 0.167. The van der Waals surface area contributed by atoms with Gasteiger partial charge in [-0.05, 0) is 30.5 Å². The number of aromatic nitrogens is 1. The van der Waals surface area contributed by atoms with Crippen molar-refractivity contribution in [3.63, 3.8) is 0 Å². The van der Waals surface area contributed by atoms with Gasteiger partial charge in [0.25, 0.3) is 0 Å². The Morgan fingerprint density at radius 2 is 2.06 bits per heavy atom. The molecule has 0 spiro atoms. The Morgan fingerprint density at radius 3 is 2.81 bits per heavy atom. The van der Waals surface area contributed by atoms with E-state index in [1.165, 1.54) is 6.07 Å². The first-order valence-corrected chi connectivity index (χ1v) is 5.01. The van der Waals surface area contributed by atoms with Crippen LogP contribution in [0, 0.1) is 0 Å². The van der Waals surface area contributed by atoms with Crippen molar-refractivity contribution < 1.29 is 9.53 Å². The molecule has 0 atom stereocenters. The lowest BCUT2D eigenvalue weighted by Gasteiger charge is -2.03. The van der Waals surface area contributed by atoms with E-state index in [0.717, 1.165) is 5.39 Å². The van der Waals surface area contributed by atoms with Gasteiger partial charge >= 0.3 is 5.97 Å². The van der Waals surface area contributed by atoms with Gasteiger partial charge in [-0.25, -0.2) is 4.79 Å². The van der Waals surface area contributed by atoms with Gasteiger partial charge in [-0.1, -0.05) is 6.07 Å². The molecule has 0 radical (unpaired) electrons. The fourth-order valence-corrected chi connectivity index (χ4v) is 1.49. The molecule has 1 aromatic heterocycles. The number of carbonyl (C=O) groups excluding carboxylic acids is 1. The number of aromatic amines is 1. The summed E-state index contributed by atoms with van der Waals surface area (Å²) in [6.45, 7) is 2.09. The summed E-state index contributed by atoms with van der Waals surface area (Å²) in [5.74, 6) is -0.380. The number of carbonyl (C=O) groups is 1. The number of H-pyrrole nitrogens is 1. The largest absolute Gasteiger partial charge is 0.462 e. The SMILES string of the molecule is CCOC(=O)c1ccc2ccc(=O)[nH]c2c1. The Kier molecular flexibility index (Phi) is 2.72. The molecule has 0 aliphatic rings. The molecule has 0 amide bonds. The summed E-state index contributed by atoms with van der Waals surface area (Å²) in [6.07, 6.45) is 0. The predicted molar refractivity (Wildman–Crippen MR) is 60.5 cm³/mol. The van der Waals surface area contributed by atoms with Crippen molar-refractivity contribution in [2.24, 2.45) is 0 Å². The number of benzene rings is 1. The third-order valence-corrected chi connectivity index (χ3v) is 2.24. The zero-order chi connectivity index (χ0) is 11.5. The highest BCUT2D eigenvalue weighted by Crippen LogP contribution is 2.12. The van der Waals surface area contributed by atoms with Crippen molar-refractivity contribution in [3.05, 3.63) is 46.2 Å². The Morgan fingerprint density at radius 1 is 1.31 bits per heavy atom. The molecule has 0 unspecified atom stereocenters. The van der Waals surface area contributed by atoms with Crippen LogP contribution in [0.25, 0.3) is 10.9 Å². The zero-order valence-corrected chi connectivity index (χ0v) is 8.82. The van der Waals surface area contributed by atoms with Crippen molar-refractivity contribution in [1.29, 1.82) is 0 Å². The smallest absolute Gasteiger partial charge is 0.338 e. The van der Waals surface area contributed by atoms with E-state index in [2.05, 4.69) is 4.98 Å². The first kappa shape index (κ1) is 10.4. The standard InChI is InChI=1S/C12H11NO3/c1-2-16-12(15)9-4-3-8-5-6-11(14)13-10(8)7-9/h3-7H,2H2,1H3,(H,13,14). The summed E-state index contributed by atoms with van der Waals surface area (Å²) >= 11 is 0. The van der Waals surface area contributed by atoms with Gasteiger partial charge in [0.05, 0.1) is 12.2 Å². The number of pyridine rings is 1. The van der Waals surface area contributed by atoms with Crippen LogP contribution in [0.3, 0.4) is 0 Å². The molecule has 0 aliphatic heterocycles. The Bertz CT molecular complexity index is 586. The summed E-state index contributed by atoms with van der Waals surface area (Å²) in [5.41, 5.74) is 0.891. The number of rotatable bonds is 2. The van der Waals surface area contributed by atoms with Gasteiger partial charge in [-0.15, -0.1) is 0 Å². The summed E-state index contributed by atoms with van der Waals surface area (Å²) in [5, 5.41) is 0.882. The van der Waals surface area contributed by atoms with Gasteiger partial charge < -0.3 is 9.72 Å². The monoisotopic (exact) mass is 217 g/mol. The van der Waals surface area contributed by atoms with Crippen LogP contribution in [0.5, 0.6) is 0 Å². The van der Waals surface area contributed by atoms with E-state index in [0.29, 0.717) is 17.7 Å². The molecule has 2 aromatic rings. The maximum atomic E-state index is 11.5. The number of esters is 1. The molecule has 82 valence electrons. The average Bonchev–Trinajstić information content (AvgIpc) is 2.28. The van der Waals surface area contributed by atoms with E-state index >= 15 is 0 Å². The van der Waals surface area contributed by atoms with Gasteiger partial charge in [0.15, 0.2) is 0 Å². The lowest BCUT2D eigenvalue weighted by atomic mass is 10.1. The van der Waals surface area contributed by atoms with E-state index < -0.39 is 0 Å². The third-order valence-electron chi connectivity index (χ3n) is 2.24. The molecule has 0 saturated carbocycles. The van der Waals surface area contributed by atoms with Crippen LogP contribution in [-0.4, -0.2) is 17.6 Å². The average molecular weight is 217 g/mol. The zero-order valence-electron chi connectivity index (χ0n) is 8.82. The van der Waals surface area contributed by atoms with Gasteiger partial charge in [0, 0.05) is 11.6 Å². The second-order valence-corrected chi connectivity index (χ2v) is 3.35. The maximum absolute atomic E-state index is 11.5. The summed E-state index contributed by atoms with van der Waals surface area (Å²) in [4.78, 5) is 25.2. The topological polar surface area (TPSA) is 59.2 Å². The molecule has 1 N–H and O–H groups in total. The van der Waals surface area contributed by atoms with E-state index in [-0.39, 0.29) is 11.5 Å². The molecule has 1 heterocycles. The molecule has 0 fully saturated rings. The van der Waals surface area contributed by atoms with E-state index in [1.54, 1.807) is 31.2 Å². The lowest BCUT2D eigenvalue weighted by Crippen LogP contribution is -2.06. The van der Waals surface area contributed by atoms with Crippen LogP contribution in [-0.2, 0) is 4.74 Å². The van der Waals surface area contributed by atoms with E-state index in [1.807, 2.05) is 0 Å². The maximum Gasteiger partial charge on any atom is 0.338 e.